The van der Waals surface area contributed by atoms with Crippen LogP contribution in [0.15, 0.2) is 0 Å². The van der Waals surface area contributed by atoms with Crippen LogP contribution in [-0.4, -0.2) is 63.8 Å². The Morgan fingerprint density at radius 2 is 2.05 bits per heavy atom. The Kier molecular flexibility index (Phi) is 8.02. The molecule has 0 radical (unpaired) electrons. The highest BCUT2D eigenvalue weighted by molar-refractivity contribution is 5.81. The van der Waals surface area contributed by atoms with E-state index in [1.54, 1.807) is 7.11 Å². The van der Waals surface area contributed by atoms with E-state index >= 15 is 0 Å². The molecule has 0 aliphatic carbocycles. The van der Waals surface area contributed by atoms with Gasteiger partial charge >= 0.3 is 0 Å². The summed E-state index contributed by atoms with van der Waals surface area (Å²) < 4.78 is 4.90. The molecule has 5 nitrogen and oxygen atoms in total. The Morgan fingerprint density at radius 3 is 2.68 bits per heavy atom. The normalized spacial score (nSPS) is 19.3. The Morgan fingerprint density at radius 1 is 1.37 bits per heavy atom. The third-order valence-corrected chi connectivity index (χ3v) is 3.84. The van der Waals surface area contributed by atoms with E-state index in [0.717, 1.165) is 12.5 Å². The molecule has 1 heterocycles. The van der Waals surface area contributed by atoms with E-state index in [2.05, 4.69) is 22.6 Å². The molecule has 0 aromatic heterocycles. The van der Waals surface area contributed by atoms with Crippen LogP contribution in [-0.2, 0) is 9.53 Å². The van der Waals surface area contributed by atoms with Gasteiger partial charge in [-0.15, -0.1) is 0 Å². The van der Waals surface area contributed by atoms with Crippen LogP contribution < -0.4 is 10.6 Å². The predicted molar refractivity (Wildman–Crippen MR) is 77.2 cm³/mol. The lowest BCUT2D eigenvalue weighted by Gasteiger charge is -2.29. The fourth-order valence-corrected chi connectivity index (χ4v) is 2.38. The minimum atomic E-state index is -0.122. The van der Waals surface area contributed by atoms with Gasteiger partial charge in [0, 0.05) is 13.7 Å². The van der Waals surface area contributed by atoms with Crippen molar-refractivity contribution >= 4 is 5.91 Å². The minimum Gasteiger partial charge on any atom is -0.383 e. The molecule has 1 aliphatic rings. The van der Waals surface area contributed by atoms with Crippen LogP contribution >= 0.6 is 0 Å². The standard InChI is InChI=1S/C14H29N3O2/c1-12(14(18)16-8-11-19-3)15-7-4-13-5-9-17(2)10-6-13/h12-13,15H,4-11H2,1-3H3,(H,16,18). The number of ether oxygens (including phenoxy) is 1. The van der Waals surface area contributed by atoms with Crippen LogP contribution in [0.4, 0.5) is 0 Å². The molecule has 1 aliphatic heterocycles. The van der Waals surface area contributed by atoms with Crippen LogP contribution in [0, 0.1) is 5.92 Å². The van der Waals surface area contributed by atoms with Crippen molar-refractivity contribution < 1.29 is 9.53 Å². The number of hydrogen-bond donors (Lipinski definition) is 2. The SMILES string of the molecule is COCCNC(=O)C(C)NCCC1CCN(C)CC1. The monoisotopic (exact) mass is 271 g/mol. The third-order valence-electron chi connectivity index (χ3n) is 3.84. The van der Waals surface area contributed by atoms with Gasteiger partial charge in [-0.25, -0.2) is 0 Å². The Balaban J connectivity index is 2.06. The summed E-state index contributed by atoms with van der Waals surface area (Å²) in [5.41, 5.74) is 0. The van der Waals surface area contributed by atoms with Crippen molar-refractivity contribution in [3.8, 4) is 0 Å². The smallest absolute Gasteiger partial charge is 0.236 e. The number of methoxy groups -OCH3 is 1. The molecule has 1 rings (SSSR count). The minimum absolute atomic E-state index is 0.0560. The molecule has 1 fully saturated rings. The van der Waals surface area contributed by atoms with Gasteiger partial charge in [0.2, 0.25) is 5.91 Å². The first-order chi connectivity index (χ1) is 9.13. The molecular weight excluding hydrogens is 242 g/mol. The van der Waals surface area contributed by atoms with Gasteiger partial charge in [0.15, 0.2) is 0 Å². The van der Waals surface area contributed by atoms with Gasteiger partial charge in [0.05, 0.1) is 12.6 Å². The average Bonchev–Trinajstić information content (AvgIpc) is 2.41. The van der Waals surface area contributed by atoms with Gasteiger partial charge in [0.1, 0.15) is 0 Å². The molecule has 112 valence electrons. The molecule has 2 N–H and O–H groups in total. The maximum absolute atomic E-state index is 11.7. The van der Waals surface area contributed by atoms with Crippen molar-refractivity contribution in [1.82, 2.24) is 15.5 Å². The lowest BCUT2D eigenvalue weighted by atomic mass is 9.94. The first-order valence-corrected chi connectivity index (χ1v) is 7.32. The highest BCUT2D eigenvalue weighted by Gasteiger charge is 2.17. The van der Waals surface area contributed by atoms with Crippen molar-refractivity contribution in [1.29, 1.82) is 0 Å². The number of carbonyl (C=O) groups is 1. The lowest BCUT2D eigenvalue weighted by Crippen LogP contribution is -2.44. The van der Waals surface area contributed by atoms with Gasteiger partial charge in [-0.1, -0.05) is 0 Å². The fourth-order valence-electron chi connectivity index (χ4n) is 2.38. The quantitative estimate of drug-likeness (QED) is 0.630. The molecule has 19 heavy (non-hydrogen) atoms. The van der Waals surface area contributed by atoms with E-state index in [1.165, 1.54) is 32.4 Å². The van der Waals surface area contributed by atoms with E-state index in [-0.39, 0.29) is 11.9 Å². The second kappa shape index (κ2) is 9.28. The summed E-state index contributed by atoms with van der Waals surface area (Å²) in [6.07, 6.45) is 3.74. The molecular formula is C14H29N3O2. The summed E-state index contributed by atoms with van der Waals surface area (Å²) in [7, 11) is 3.82. The Labute approximate surface area is 117 Å². The maximum atomic E-state index is 11.7. The highest BCUT2D eigenvalue weighted by atomic mass is 16.5. The number of hydrogen-bond acceptors (Lipinski definition) is 4. The molecule has 1 amide bonds. The molecule has 1 atom stereocenters. The summed E-state index contributed by atoms with van der Waals surface area (Å²) in [6, 6.07) is -0.122. The van der Waals surface area contributed by atoms with Gasteiger partial charge < -0.3 is 20.3 Å². The van der Waals surface area contributed by atoms with E-state index < -0.39 is 0 Å². The number of nitrogens with one attached hydrogen (secondary N) is 2. The van der Waals surface area contributed by atoms with E-state index in [0.29, 0.717) is 13.2 Å². The molecule has 1 unspecified atom stereocenters. The number of amides is 1. The number of piperidine rings is 1. The van der Waals surface area contributed by atoms with E-state index in [4.69, 9.17) is 4.74 Å². The molecule has 5 heteroatoms. The summed E-state index contributed by atoms with van der Waals surface area (Å²) in [5.74, 6) is 0.868. The van der Waals surface area contributed by atoms with Crippen molar-refractivity contribution in [2.75, 3.05) is 46.9 Å². The second-order valence-corrected chi connectivity index (χ2v) is 5.49. The van der Waals surface area contributed by atoms with Gasteiger partial charge in [-0.05, 0) is 58.8 Å². The molecule has 0 saturated carbocycles. The van der Waals surface area contributed by atoms with Crippen molar-refractivity contribution in [2.24, 2.45) is 5.92 Å². The van der Waals surface area contributed by atoms with Gasteiger partial charge in [-0.3, -0.25) is 4.79 Å². The first-order valence-electron chi connectivity index (χ1n) is 7.32. The number of nitrogens with zero attached hydrogens (tertiary/aromatic N) is 1. The predicted octanol–water partition coefficient (Wildman–Crippen LogP) is 0.459. The molecule has 1 saturated heterocycles. The molecule has 0 aromatic rings. The third kappa shape index (κ3) is 6.89. The zero-order valence-corrected chi connectivity index (χ0v) is 12.6. The van der Waals surface area contributed by atoms with Crippen LogP contribution in [0.2, 0.25) is 0 Å². The fraction of sp³-hybridized carbons (Fsp3) is 0.929. The van der Waals surface area contributed by atoms with Crippen LogP contribution in [0.1, 0.15) is 26.2 Å². The Hall–Kier alpha value is -0.650. The topological polar surface area (TPSA) is 53.6 Å². The number of carbonyl (C=O) groups excluding carboxylic acids is 1. The molecule has 0 bridgehead atoms. The van der Waals surface area contributed by atoms with Crippen molar-refractivity contribution in [3.05, 3.63) is 0 Å². The summed E-state index contributed by atoms with van der Waals surface area (Å²) >= 11 is 0. The molecule has 0 aromatic carbocycles. The highest BCUT2D eigenvalue weighted by Crippen LogP contribution is 2.18. The van der Waals surface area contributed by atoms with Gasteiger partial charge in [-0.2, -0.15) is 0 Å². The van der Waals surface area contributed by atoms with Crippen molar-refractivity contribution in [2.45, 2.75) is 32.2 Å². The maximum Gasteiger partial charge on any atom is 0.236 e. The zero-order chi connectivity index (χ0) is 14.1. The summed E-state index contributed by atoms with van der Waals surface area (Å²) in [6.45, 7) is 6.39. The van der Waals surface area contributed by atoms with Crippen LogP contribution in [0.5, 0.6) is 0 Å². The summed E-state index contributed by atoms with van der Waals surface area (Å²) in [5, 5.41) is 6.15. The summed E-state index contributed by atoms with van der Waals surface area (Å²) in [4.78, 5) is 14.1. The molecule has 0 spiro atoms. The van der Waals surface area contributed by atoms with Crippen molar-refractivity contribution in [3.63, 3.8) is 0 Å². The number of rotatable bonds is 8. The van der Waals surface area contributed by atoms with Crippen LogP contribution in [0.3, 0.4) is 0 Å². The zero-order valence-electron chi connectivity index (χ0n) is 12.6. The van der Waals surface area contributed by atoms with Crippen LogP contribution in [0.25, 0.3) is 0 Å². The van der Waals surface area contributed by atoms with Gasteiger partial charge in [0.25, 0.3) is 0 Å². The van der Waals surface area contributed by atoms with E-state index in [1.807, 2.05) is 6.92 Å². The average molecular weight is 271 g/mol. The lowest BCUT2D eigenvalue weighted by molar-refractivity contribution is -0.122. The number of likely N-dealkylation sites (tertiary alicyclic amines) is 1. The second-order valence-electron chi connectivity index (χ2n) is 5.49. The van der Waals surface area contributed by atoms with E-state index in [9.17, 15) is 4.79 Å². The first kappa shape index (κ1) is 16.4. The Bertz CT molecular complexity index is 253. The largest absolute Gasteiger partial charge is 0.383 e.